The van der Waals surface area contributed by atoms with Gasteiger partial charge < -0.3 is 14.6 Å². The Morgan fingerprint density at radius 1 is 1.35 bits per heavy atom. The third-order valence-corrected chi connectivity index (χ3v) is 8.34. The highest BCUT2D eigenvalue weighted by atomic mass is 32.2. The smallest absolute Gasteiger partial charge is 0.235 e. The Balaban J connectivity index is 1.38. The minimum atomic E-state index is -0.143. The number of nitriles is 1. The van der Waals surface area contributed by atoms with E-state index in [1.165, 1.54) is 16.6 Å². The molecular weight excluding hydrogens is 466 g/mol. The van der Waals surface area contributed by atoms with Crippen molar-refractivity contribution in [3.8, 4) is 11.8 Å². The van der Waals surface area contributed by atoms with Crippen molar-refractivity contribution in [2.24, 2.45) is 5.92 Å². The predicted octanol–water partition coefficient (Wildman–Crippen LogP) is 5.36. The number of ether oxygens (including phenoxy) is 1. The summed E-state index contributed by atoms with van der Waals surface area (Å²) in [6.45, 7) is 7.22. The first kappa shape index (κ1) is 24.3. The van der Waals surface area contributed by atoms with Crippen molar-refractivity contribution in [3.05, 3.63) is 51.7 Å². The Kier molecular flexibility index (Phi) is 7.91. The summed E-state index contributed by atoms with van der Waals surface area (Å²) in [5, 5.41) is 22.6. The molecule has 2 heterocycles. The number of thioether (sulfide) groups is 1. The minimum Gasteiger partial charge on any atom is -0.485 e. The number of nitrogens with zero attached hydrogens (tertiary/aromatic N) is 4. The van der Waals surface area contributed by atoms with Gasteiger partial charge in [-0.15, -0.1) is 21.5 Å². The zero-order chi connectivity index (χ0) is 24.1. The molecule has 1 aromatic carbocycles. The first-order chi connectivity index (χ1) is 16.5. The fraction of sp³-hybridized carbons (Fsp3) is 0.440. The maximum Gasteiger partial charge on any atom is 0.235 e. The van der Waals surface area contributed by atoms with Crippen LogP contribution in [-0.2, 0) is 30.8 Å². The Labute approximate surface area is 208 Å². The lowest BCUT2D eigenvalue weighted by atomic mass is 9.86. The zero-order valence-electron chi connectivity index (χ0n) is 19.8. The normalized spacial score (nSPS) is 14.9. The summed E-state index contributed by atoms with van der Waals surface area (Å²) < 4.78 is 7.89. The van der Waals surface area contributed by atoms with Crippen molar-refractivity contribution in [1.82, 2.24) is 14.8 Å². The van der Waals surface area contributed by atoms with Gasteiger partial charge in [-0.3, -0.25) is 4.79 Å². The number of aromatic nitrogens is 3. The van der Waals surface area contributed by atoms with E-state index in [-0.39, 0.29) is 11.7 Å². The predicted molar refractivity (Wildman–Crippen MR) is 135 cm³/mol. The van der Waals surface area contributed by atoms with Crippen molar-refractivity contribution < 1.29 is 9.53 Å². The highest BCUT2D eigenvalue weighted by molar-refractivity contribution is 7.99. The number of fused-ring (bicyclic) bond motifs is 1. The molecule has 34 heavy (non-hydrogen) atoms. The summed E-state index contributed by atoms with van der Waals surface area (Å²) >= 11 is 2.90. The van der Waals surface area contributed by atoms with Crippen LogP contribution in [0.3, 0.4) is 0 Å². The highest BCUT2D eigenvalue weighted by Gasteiger charge is 2.26. The molecule has 1 aliphatic carbocycles. The van der Waals surface area contributed by atoms with E-state index in [0.717, 1.165) is 48.4 Å². The summed E-state index contributed by atoms with van der Waals surface area (Å²) in [5.74, 6) is 2.26. The van der Waals surface area contributed by atoms with E-state index in [2.05, 4.69) is 28.5 Å². The van der Waals surface area contributed by atoms with Gasteiger partial charge in [0.1, 0.15) is 23.4 Å². The number of anilines is 1. The number of benzene rings is 1. The second-order valence-electron chi connectivity index (χ2n) is 8.37. The number of hydrogen-bond acceptors (Lipinski definition) is 7. The lowest BCUT2D eigenvalue weighted by molar-refractivity contribution is -0.113. The van der Waals surface area contributed by atoms with Crippen LogP contribution in [0.25, 0.3) is 0 Å². The molecule has 1 N–H and O–H groups in total. The molecule has 178 valence electrons. The van der Waals surface area contributed by atoms with E-state index >= 15 is 0 Å². The van der Waals surface area contributed by atoms with Crippen LogP contribution in [0.2, 0.25) is 0 Å². The van der Waals surface area contributed by atoms with Gasteiger partial charge in [-0.1, -0.05) is 43.3 Å². The first-order valence-electron chi connectivity index (χ1n) is 11.6. The third kappa shape index (κ3) is 5.29. The molecule has 1 aliphatic rings. The summed E-state index contributed by atoms with van der Waals surface area (Å²) in [5.41, 5.74) is 2.83. The number of amides is 1. The number of carbonyl (C=O) groups is 1. The standard InChI is InChI=1S/C25H29N5O2S2/c1-4-17-10-11-18-19(13-26)24(34-21(18)12-17)27-23(31)15-33-25-29-28-22(30(25)5-2)14-32-20-9-7-6-8-16(20)3/h6-9,17H,4-5,10-12,14-15H2,1-3H3,(H,27,31). The molecular formula is C25H29N5O2S2. The fourth-order valence-electron chi connectivity index (χ4n) is 4.21. The topological polar surface area (TPSA) is 92.8 Å². The van der Waals surface area contributed by atoms with E-state index in [0.29, 0.717) is 34.8 Å². The lowest BCUT2D eigenvalue weighted by Crippen LogP contribution is -2.15. The molecule has 0 bridgehead atoms. The summed E-state index contributed by atoms with van der Waals surface area (Å²) in [7, 11) is 0. The first-order valence-corrected chi connectivity index (χ1v) is 13.4. The Bertz CT molecular complexity index is 1210. The van der Waals surface area contributed by atoms with Crippen LogP contribution >= 0.6 is 23.1 Å². The van der Waals surface area contributed by atoms with Gasteiger partial charge in [0.15, 0.2) is 11.0 Å². The molecule has 4 rings (SSSR count). The van der Waals surface area contributed by atoms with Crippen LogP contribution in [-0.4, -0.2) is 26.4 Å². The maximum atomic E-state index is 12.7. The molecule has 1 amide bonds. The molecule has 2 aromatic heterocycles. The monoisotopic (exact) mass is 495 g/mol. The van der Waals surface area contributed by atoms with Gasteiger partial charge in [-0.05, 0) is 56.2 Å². The zero-order valence-corrected chi connectivity index (χ0v) is 21.4. The Morgan fingerprint density at radius 2 is 2.18 bits per heavy atom. The summed E-state index contributed by atoms with van der Waals surface area (Å²) in [6.07, 6.45) is 4.18. The fourth-order valence-corrected chi connectivity index (χ4v) is 6.36. The van der Waals surface area contributed by atoms with Gasteiger partial charge in [0.2, 0.25) is 5.91 Å². The van der Waals surface area contributed by atoms with E-state index in [1.54, 1.807) is 11.3 Å². The number of hydrogen-bond donors (Lipinski definition) is 1. The molecule has 3 aromatic rings. The Morgan fingerprint density at radius 3 is 2.91 bits per heavy atom. The molecule has 0 fully saturated rings. The lowest BCUT2D eigenvalue weighted by Gasteiger charge is -2.20. The van der Waals surface area contributed by atoms with Crippen molar-refractivity contribution in [2.45, 2.75) is 64.8 Å². The molecule has 0 saturated heterocycles. The van der Waals surface area contributed by atoms with Gasteiger partial charge >= 0.3 is 0 Å². The van der Waals surface area contributed by atoms with E-state index in [4.69, 9.17) is 4.74 Å². The minimum absolute atomic E-state index is 0.143. The number of rotatable bonds is 9. The van der Waals surface area contributed by atoms with Gasteiger partial charge in [-0.2, -0.15) is 5.26 Å². The number of thiophene rings is 1. The van der Waals surface area contributed by atoms with E-state index < -0.39 is 0 Å². The van der Waals surface area contributed by atoms with Crippen molar-refractivity contribution in [1.29, 1.82) is 5.26 Å². The van der Waals surface area contributed by atoms with Crippen LogP contribution in [0.5, 0.6) is 5.75 Å². The highest BCUT2D eigenvalue weighted by Crippen LogP contribution is 2.40. The molecule has 1 atom stereocenters. The average molecular weight is 496 g/mol. The van der Waals surface area contributed by atoms with Crippen LogP contribution < -0.4 is 10.1 Å². The Hall–Kier alpha value is -2.83. The number of aryl methyl sites for hydroxylation is 1. The summed E-state index contributed by atoms with van der Waals surface area (Å²) in [4.78, 5) is 14.0. The van der Waals surface area contributed by atoms with Crippen LogP contribution in [0.4, 0.5) is 5.00 Å². The van der Waals surface area contributed by atoms with Crippen LogP contribution in [0, 0.1) is 24.2 Å². The molecule has 0 saturated carbocycles. The largest absolute Gasteiger partial charge is 0.485 e. The average Bonchev–Trinajstić information content (AvgIpc) is 3.41. The van der Waals surface area contributed by atoms with Crippen molar-refractivity contribution >= 4 is 34.0 Å². The van der Waals surface area contributed by atoms with Crippen LogP contribution in [0.15, 0.2) is 29.4 Å². The van der Waals surface area contributed by atoms with E-state index in [1.807, 2.05) is 42.7 Å². The quantitative estimate of drug-likeness (QED) is 0.402. The molecule has 0 aliphatic heterocycles. The van der Waals surface area contributed by atoms with Crippen molar-refractivity contribution in [3.63, 3.8) is 0 Å². The number of nitrogens with one attached hydrogen (secondary N) is 1. The molecule has 0 radical (unpaired) electrons. The maximum absolute atomic E-state index is 12.7. The van der Waals surface area contributed by atoms with Gasteiger partial charge in [-0.25, -0.2) is 0 Å². The van der Waals surface area contributed by atoms with Gasteiger partial charge in [0.05, 0.1) is 11.3 Å². The van der Waals surface area contributed by atoms with E-state index in [9.17, 15) is 10.1 Å². The molecule has 1 unspecified atom stereocenters. The van der Waals surface area contributed by atoms with Crippen LogP contribution in [0.1, 0.15) is 54.1 Å². The molecule has 0 spiro atoms. The molecule has 9 heteroatoms. The van der Waals surface area contributed by atoms with Gasteiger partial charge in [0, 0.05) is 11.4 Å². The second kappa shape index (κ2) is 11.1. The SMILES string of the molecule is CCC1CCc2c(sc(NC(=O)CSc3nnc(COc4ccccc4C)n3CC)c2C#N)C1. The molecule has 7 nitrogen and oxygen atoms in total. The van der Waals surface area contributed by atoms with Crippen molar-refractivity contribution in [2.75, 3.05) is 11.1 Å². The number of carbonyl (C=O) groups excluding carboxylic acids is 1. The van der Waals surface area contributed by atoms with Gasteiger partial charge in [0.25, 0.3) is 0 Å². The number of para-hydroxylation sites is 1. The second-order valence-corrected chi connectivity index (χ2v) is 10.4. The third-order valence-electron chi connectivity index (χ3n) is 6.20. The summed E-state index contributed by atoms with van der Waals surface area (Å²) in [6, 6.07) is 10.2.